The Balaban J connectivity index is 1.39. The second-order valence-corrected chi connectivity index (χ2v) is 13.2. The van der Waals surface area contributed by atoms with Gasteiger partial charge in [0.25, 0.3) is 5.69 Å². The maximum Gasteiger partial charge on any atom is 0.271 e. The summed E-state index contributed by atoms with van der Waals surface area (Å²) in [4.78, 5) is 69.9. The number of fused-ring (bicyclic) bond motifs is 4. The first-order chi connectivity index (χ1) is 22.0. The van der Waals surface area contributed by atoms with Crippen LogP contribution in [0.15, 0.2) is 82.9 Å². The summed E-state index contributed by atoms with van der Waals surface area (Å²) in [6, 6.07) is 17.3. The van der Waals surface area contributed by atoms with Crippen molar-refractivity contribution in [3.8, 4) is 11.5 Å². The molecular formula is C34H28BrN3O8. The second-order valence-electron chi connectivity index (χ2n) is 12.3. The summed E-state index contributed by atoms with van der Waals surface area (Å²) >= 11 is 3.49. The molecule has 234 valence electrons. The number of hydrogen-bond donors (Lipinski definition) is 1. The molecule has 0 aromatic heterocycles. The molecule has 6 atom stereocenters. The van der Waals surface area contributed by atoms with E-state index < -0.39 is 63.6 Å². The van der Waals surface area contributed by atoms with Gasteiger partial charge in [0, 0.05) is 28.1 Å². The van der Waals surface area contributed by atoms with Crippen molar-refractivity contribution in [3.63, 3.8) is 0 Å². The Morgan fingerprint density at radius 1 is 0.935 bits per heavy atom. The van der Waals surface area contributed by atoms with Crippen molar-refractivity contribution in [2.45, 2.75) is 25.7 Å². The minimum Gasteiger partial charge on any atom is -0.504 e. The Labute approximate surface area is 271 Å². The van der Waals surface area contributed by atoms with Crippen LogP contribution in [0.2, 0.25) is 0 Å². The van der Waals surface area contributed by atoms with Crippen LogP contribution in [-0.2, 0) is 19.2 Å². The van der Waals surface area contributed by atoms with Crippen LogP contribution in [0.4, 0.5) is 17.1 Å². The van der Waals surface area contributed by atoms with Crippen molar-refractivity contribution in [2.75, 3.05) is 16.9 Å². The number of nitro benzene ring substituents is 1. The number of non-ortho nitro benzene ring substituents is 1. The minimum absolute atomic E-state index is 0.106. The number of nitro groups is 1. The Kier molecular flexibility index (Phi) is 6.89. The molecule has 4 aliphatic rings. The molecule has 4 amide bonds. The molecule has 2 saturated heterocycles. The first kappa shape index (κ1) is 29.8. The van der Waals surface area contributed by atoms with Gasteiger partial charge in [-0.2, -0.15) is 0 Å². The van der Waals surface area contributed by atoms with E-state index in [-0.39, 0.29) is 35.7 Å². The molecule has 1 N–H and O–H groups in total. The zero-order valence-electron chi connectivity index (χ0n) is 24.8. The first-order valence-corrected chi connectivity index (χ1v) is 15.6. The molecule has 2 heterocycles. The lowest BCUT2D eigenvalue weighted by Crippen LogP contribution is -2.49. The number of carbonyl (C=O) groups excluding carboxylic acids is 4. The standard InChI is InChI=1S/C34H28BrN3O8/c1-34-25(31(41)37(33(34)43)18-7-4-3-5-8-18)16-23-21(28(34)24-13-17(35)14-26(46-2)29(24)39)11-12-22-27(23)32(42)36(30(22)40)19-9-6-10-20(15-19)38(44)45/h3-11,13-15,22-23,25,27-28,39H,12,16H2,1-2H3/t22-,23+,25-,27-,28+,34+/m0/s1. The van der Waals surface area contributed by atoms with Gasteiger partial charge in [-0.25, -0.2) is 9.80 Å². The van der Waals surface area contributed by atoms with E-state index in [2.05, 4.69) is 15.9 Å². The van der Waals surface area contributed by atoms with E-state index in [1.807, 2.05) is 6.08 Å². The monoisotopic (exact) mass is 685 g/mol. The maximum atomic E-state index is 14.5. The lowest BCUT2D eigenvalue weighted by molar-refractivity contribution is -0.384. The molecule has 1 saturated carbocycles. The number of hydrogen-bond acceptors (Lipinski definition) is 8. The van der Waals surface area contributed by atoms with Gasteiger partial charge in [0.1, 0.15) is 0 Å². The van der Waals surface area contributed by atoms with Gasteiger partial charge >= 0.3 is 0 Å². The number of para-hydroxylation sites is 1. The summed E-state index contributed by atoms with van der Waals surface area (Å²) in [6.45, 7) is 1.73. The lowest BCUT2D eigenvalue weighted by atomic mass is 9.51. The van der Waals surface area contributed by atoms with E-state index in [1.54, 1.807) is 49.4 Å². The Bertz CT molecular complexity index is 1890. The van der Waals surface area contributed by atoms with E-state index in [4.69, 9.17) is 4.74 Å². The number of halogens is 1. The van der Waals surface area contributed by atoms with Crippen LogP contribution >= 0.6 is 15.9 Å². The number of rotatable bonds is 5. The van der Waals surface area contributed by atoms with Crippen LogP contribution in [0.3, 0.4) is 0 Å². The van der Waals surface area contributed by atoms with Crippen LogP contribution in [-0.4, -0.2) is 40.8 Å². The third kappa shape index (κ3) is 4.08. The molecule has 0 bridgehead atoms. The van der Waals surface area contributed by atoms with Gasteiger partial charge in [-0.3, -0.25) is 29.3 Å². The highest BCUT2D eigenvalue weighted by Crippen LogP contribution is 2.65. The van der Waals surface area contributed by atoms with Gasteiger partial charge in [0.15, 0.2) is 11.5 Å². The molecule has 2 aliphatic heterocycles. The van der Waals surface area contributed by atoms with Crippen LogP contribution in [0.1, 0.15) is 31.2 Å². The number of methoxy groups -OCH3 is 1. The van der Waals surface area contributed by atoms with E-state index in [0.29, 0.717) is 21.3 Å². The van der Waals surface area contributed by atoms with Gasteiger partial charge in [0.05, 0.1) is 46.6 Å². The van der Waals surface area contributed by atoms with Crippen molar-refractivity contribution in [2.24, 2.45) is 29.1 Å². The highest BCUT2D eigenvalue weighted by Gasteiger charge is 2.68. The number of phenolic OH excluding ortho intramolecular Hbond substituents is 1. The van der Waals surface area contributed by atoms with Gasteiger partial charge in [-0.15, -0.1) is 0 Å². The summed E-state index contributed by atoms with van der Waals surface area (Å²) in [5, 5.41) is 23.0. The number of carbonyl (C=O) groups is 4. The zero-order valence-corrected chi connectivity index (χ0v) is 26.3. The van der Waals surface area contributed by atoms with Crippen molar-refractivity contribution >= 4 is 56.6 Å². The van der Waals surface area contributed by atoms with Crippen molar-refractivity contribution in [1.82, 2.24) is 0 Å². The number of aromatic hydroxyl groups is 1. The van der Waals surface area contributed by atoms with Gasteiger partial charge in [-0.1, -0.05) is 51.8 Å². The van der Waals surface area contributed by atoms with Crippen molar-refractivity contribution in [3.05, 3.63) is 98.5 Å². The molecule has 0 unspecified atom stereocenters. The van der Waals surface area contributed by atoms with Gasteiger partial charge in [-0.05, 0) is 56.0 Å². The van der Waals surface area contributed by atoms with Crippen LogP contribution in [0.25, 0.3) is 0 Å². The molecule has 0 radical (unpaired) electrons. The molecule has 0 spiro atoms. The molecule has 3 aromatic rings. The van der Waals surface area contributed by atoms with Crippen LogP contribution < -0.4 is 14.5 Å². The van der Waals surface area contributed by atoms with Crippen molar-refractivity contribution in [1.29, 1.82) is 0 Å². The molecule has 3 fully saturated rings. The summed E-state index contributed by atoms with van der Waals surface area (Å²) in [7, 11) is 1.41. The predicted octanol–water partition coefficient (Wildman–Crippen LogP) is 5.51. The number of nitrogens with zero attached hydrogens (tertiary/aromatic N) is 3. The highest BCUT2D eigenvalue weighted by molar-refractivity contribution is 9.10. The fourth-order valence-corrected chi connectivity index (χ4v) is 8.61. The number of allylic oxidation sites excluding steroid dienone is 2. The first-order valence-electron chi connectivity index (χ1n) is 14.8. The minimum atomic E-state index is -1.35. The molecule has 2 aliphatic carbocycles. The van der Waals surface area contributed by atoms with Crippen LogP contribution in [0, 0.1) is 39.2 Å². The molecule has 7 rings (SSSR count). The van der Waals surface area contributed by atoms with E-state index in [1.165, 1.54) is 36.3 Å². The van der Waals surface area contributed by atoms with E-state index in [9.17, 15) is 34.4 Å². The summed E-state index contributed by atoms with van der Waals surface area (Å²) in [6.07, 6.45) is 2.18. The lowest BCUT2D eigenvalue weighted by Gasteiger charge is -2.49. The molecule has 46 heavy (non-hydrogen) atoms. The average Bonchev–Trinajstić information content (AvgIpc) is 3.42. The number of imide groups is 2. The van der Waals surface area contributed by atoms with Gasteiger partial charge < -0.3 is 9.84 Å². The number of benzene rings is 3. The number of ether oxygens (including phenoxy) is 1. The quantitative estimate of drug-likeness (QED) is 0.160. The summed E-state index contributed by atoms with van der Waals surface area (Å²) in [5.74, 6) is -5.83. The second kappa shape index (κ2) is 10.6. The predicted molar refractivity (Wildman–Crippen MR) is 169 cm³/mol. The molecule has 11 nitrogen and oxygen atoms in total. The smallest absolute Gasteiger partial charge is 0.271 e. The zero-order chi connectivity index (χ0) is 32.7. The number of phenols is 1. The van der Waals surface area contributed by atoms with Gasteiger partial charge in [0.2, 0.25) is 23.6 Å². The Morgan fingerprint density at radius 3 is 2.35 bits per heavy atom. The summed E-state index contributed by atoms with van der Waals surface area (Å²) in [5.41, 5.74) is -0.0344. The topological polar surface area (TPSA) is 147 Å². The fraction of sp³-hybridized carbons (Fsp3) is 0.294. The molecule has 3 aromatic carbocycles. The van der Waals surface area contributed by atoms with E-state index in [0.717, 1.165) is 4.90 Å². The highest BCUT2D eigenvalue weighted by atomic mass is 79.9. The third-order valence-electron chi connectivity index (χ3n) is 10.2. The normalized spacial score (nSPS) is 28.5. The largest absolute Gasteiger partial charge is 0.504 e. The third-order valence-corrected chi connectivity index (χ3v) is 10.6. The number of amides is 4. The van der Waals surface area contributed by atoms with Crippen molar-refractivity contribution < 1.29 is 33.9 Å². The number of anilines is 2. The molecule has 12 heteroatoms. The average molecular weight is 687 g/mol. The Morgan fingerprint density at radius 2 is 1.65 bits per heavy atom. The summed E-state index contributed by atoms with van der Waals surface area (Å²) < 4.78 is 6.03. The SMILES string of the molecule is COc1cc(Br)cc([C@H]2C3=CC[C@@H]4C(=O)N(c5cccc([N+](=O)[O-])c5)C(=O)[C@@H]4[C@@H]3C[C@H]3C(=O)N(c4ccccc4)C(=O)[C@@]23C)c1O. The fourth-order valence-electron chi connectivity index (χ4n) is 8.15. The Hall–Kier alpha value is -4.84. The van der Waals surface area contributed by atoms with Crippen LogP contribution in [0.5, 0.6) is 11.5 Å². The maximum absolute atomic E-state index is 14.5. The molecular weight excluding hydrogens is 658 g/mol. The van der Waals surface area contributed by atoms with E-state index >= 15 is 0 Å².